The highest BCUT2D eigenvalue weighted by atomic mass is 16.3. The third-order valence-electron chi connectivity index (χ3n) is 3.20. The molecule has 1 aliphatic rings. The van der Waals surface area contributed by atoms with Crippen LogP contribution >= 0.6 is 0 Å². The zero-order valence-corrected chi connectivity index (χ0v) is 9.84. The summed E-state index contributed by atoms with van der Waals surface area (Å²) in [6.45, 7) is 3.06. The minimum Gasteiger partial charge on any atom is -0.388 e. The first-order chi connectivity index (χ1) is 7.81. The van der Waals surface area contributed by atoms with Gasteiger partial charge in [-0.15, -0.1) is 0 Å². The lowest BCUT2D eigenvalue weighted by Gasteiger charge is -2.22. The summed E-state index contributed by atoms with van der Waals surface area (Å²) in [5.74, 6) is 0.365. The third-order valence-corrected chi connectivity index (χ3v) is 3.20. The quantitative estimate of drug-likeness (QED) is 0.792. The van der Waals surface area contributed by atoms with E-state index in [1.165, 1.54) is 0 Å². The monoisotopic (exact) mass is 220 g/mol. The average molecular weight is 220 g/mol. The molecule has 3 nitrogen and oxygen atoms in total. The highest BCUT2D eigenvalue weighted by Crippen LogP contribution is 2.31. The van der Waals surface area contributed by atoms with Gasteiger partial charge in [0.25, 0.3) is 0 Å². The number of aliphatic hydroxyl groups excluding tert-OH is 1. The van der Waals surface area contributed by atoms with Crippen LogP contribution in [0.3, 0.4) is 0 Å². The second-order valence-corrected chi connectivity index (χ2v) is 4.53. The highest BCUT2D eigenvalue weighted by molar-refractivity contribution is 5.10. The molecule has 0 spiro atoms. The summed E-state index contributed by atoms with van der Waals surface area (Å²) in [7, 11) is 0. The summed E-state index contributed by atoms with van der Waals surface area (Å²) < 4.78 is 1.91. The number of aryl methyl sites for hydroxylation is 1. The number of nitrogens with zero attached hydrogens (tertiary/aromatic N) is 2. The van der Waals surface area contributed by atoms with Gasteiger partial charge in [0.1, 0.15) is 0 Å². The van der Waals surface area contributed by atoms with Crippen molar-refractivity contribution >= 4 is 0 Å². The fourth-order valence-electron chi connectivity index (χ4n) is 2.26. The normalized spacial score (nSPS) is 22.2. The number of hydrogen-bond donors (Lipinski definition) is 1. The SMILES string of the molecule is CCCn1cc(C(O)C2CC=CCC2)cn1. The van der Waals surface area contributed by atoms with E-state index in [1.54, 1.807) is 6.20 Å². The average Bonchev–Trinajstić information content (AvgIpc) is 2.78. The molecule has 1 aromatic heterocycles. The number of aromatic nitrogens is 2. The van der Waals surface area contributed by atoms with E-state index in [4.69, 9.17) is 0 Å². The molecule has 1 aromatic rings. The van der Waals surface area contributed by atoms with Crippen molar-refractivity contribution in [3.05, 3.63) is 30.1 Å². The second-order valence-electron chi connectivity index (χ2n) is 4.53. The van der Waals surface area contributed by atoms with Crippen LogP contribution in [0.5, 0.6) is 0 Å². The van der Waals surface area contributed by atoms with Gasteiger partial charge < -0.3 is 5.11 Å². The van der Waals surface area contributed by atoms with Gasteiger partial charge in [0, 0.05) is 18.3 Å². The maximum absolute atomic E-state index is 10.2. The Balaban J connectivity index is 2.01. The summed E-state index contributed by atoms with van der Waals surface area (Å²) in [6.07, 6.45) is 12.0. The fraction of sp³-hybridized carbons (Fsp3) is 0.615. The number of hydrogen-bond acceptors (Lipinski definition) is 2. The van der Waals surface area contributed by atoms with Gasteiger partial charge in [-0.05, 0) is 31.6 Å². The van der Waals surface area contributed by atoms with Crippen LogP contribution in [0.2, 0.25) is 0 Å². The molecule has 0 amide bonds. The van der Waals surface area contributed by atoms with Gasteiger partial charge in [-0.25, -0.2) is 0 Å². The van der Waals surface area contributed by atoms with Crippen molar-refractivity contribution in [3.8, 4) is 0 Å². The fourth-order valence-corrected chi connectivity index (χ4v) is 2.26. The molecule has 2 atom stereocenters. The van der Waals surface area contributed by atoms with E-state index >= 15 is 0 Å². The summed E-state index contributed by atoms with van der Waals surface area (Å²) in [5, 5.41) is 14.5. The molecule has 3 heteroatoms. The molecule has 1 N–H and O–H groups in total. The van der Waals surface area contributed by atoms with Crippen molar-refractivity contribution in [1.29, 1.82) is 0 Å². The van der Waals surface area contributed by atoms with Crippen molar-refractivity contribution in [2.45, 2.75) is 45.3 Å². The van der Waals surface area contributed by atoms with E-state index in [2.05, 4.69) is 24.2 Å². The van der Waals surface area contributed by atoms with E-state index in [0.29, 0.717) is 5.92 Å². The Bertz CT molecular complexity index is 357. The zero-order chi connectivity index (χ0) is 11.4. The van der Waals surface area contributed by atoms with Crippen LogP contribution in [0.15, 0.2) is 24.5 Å². The molecular weight excluding hydrogens is 200 g/mol. The summed E-state index contributed by atoms with van der Waals surface area (Å²) in [5.41, 5.74) is 0.966. The Labute approximate surface area is 96.8 Å². The molecule has 2 rings (SSSR count). The lowest BCUT2D eigenvalue weighted by Crippen LogP contribution is -2.13. The van der Waals surface area contributed by atoms with Crippen LogP contribution in [0, 0.1) is 5.92 Å². The van der Waals surface area contributed by atoms with E-state index in [-0.39, 0.29) is 6.10 Å². The molecule has 0 saturated carbocycles. The molecule has 0 aliphatic heterocycles. The molecule has 0 fully saturated rings. The maximum Gasteiger partial charge on any atom is 0.0851 e. The van der Waals surface area contributed by atoms with E-state index in [0.717, 1.165) is 37.8 Å². The number of aliphatic hydroxyl groups is 1. The molecule has 1 aliphatic carbocycles. The molecule has 2 unspecified atom stereocenters. The Hall–Kier alpha value is -1.09. The molecule has 0 aromatic carbocycles. The van der Waals surface area contributed by atoms with Gasteiger partial charge in [-0.2, -0.15) is 5.10 Å². The van der Waals surface area contributed by atoms with E-state index in [9.17, 15) is 5.11 Å². The Morgan fingerprint density at radius 1 is 1.56 bits per heavy atom. The van der Waals surface area contributed by atoms with Gasteiger partial charge in [0.05, 0.1) is 12.3 Å². The Morgan fingerprint density at radius 2 is 2.44 bits per heavy atom. The summed E-state index contributed by atoms with van der Waals surface area (Å²) in [6, 6.07) is 0. The van der Waals surface area contributed by atoms with Crippen LogP contribution in [0.25, 0.3) is 0 Å². The van der Waals surface area contributed by atoms with Gasteiger partial charge in [-0.1, -0.05) is 19.1 Å². The number of allylic oxidation sites excluding steroid dienone is 2. The first-order valence-electron chi connectivity index (χ1n) is 6.16. The smallest absolute Gasteiger partial charge is 0.0851 e. The number of rotatable bonds is 4. The van der Waals surface area contributed by atoms with Crippen molar-refractivity contribution < 1.29 is 5.11 Å². The maximum atomic E-state index is 10.2. The van der Waals surface area contributed by atoms with E-state index < -0.39 is 0 Å². The van der Waals surface area contributed by atoms with Crippen molar-refractivity contribution in [2.24, 2.45) is 5.92 Å². The predicted molar refractivity (Wildman–Crippen MR) is 64.0 cm³/mol. The lowest BCUT2D eigenvalue weighted by atomic mass is 9.87. The van der Waals surface area contributed by atoms with E-state index in [1.807, 2.05) is 10.9 Å². The first kappa shape index (κ1) is 11.4. The minimum atomic E-state index is -0.351. The lowest BCUT2D eigenvalue weighted by molar-refractivity contribution is 0.102. The third kappa shape index (κ3) is 2.53. The highest BCUT2D eigenvalue weighted by Gasteiger charge is 2.22. The molecule has 16 heavy (non-hydrogen) atoms. The minimum absolute atomic E-state index is 0.351. The molecule has 0 bridgehead atoms. The topological polar surface area (TPSA) is 38.0 Å². The molecular formula is C13H20N2O. The second kappa shape index (κ2) is 5.30. The van der Waals surface area contributed by atoms with Crippen molar-refractivity contribution in [3.63, 3.8) is 0 Å². The Morgan fingerprint density at radius 3 is 3.12 bits per heavy atom. The first-order valence-corrected chi connectivity index (χ1v) is 6.16. The van der Waals surface area contributed by atoms with Crippen LogP contribution in [-0.2, 0) is 6.54 Å². The standard InChI is InChI=1S/C13H20N2O/c1-2-8-15-10-12(9-14-15)13(16)11-6-4-3-5-7-11/h3-4,9-11,13,16H,2,5-8H2,1H3. The van der Waals surface area contributed by atoms with Crippen molar-refractivity contribution in [1.82, 2.24) is 9.78 Å². The summed E-state index contributed by atoms with van der Waals surface area (Å²) in [4.78, 5) is 0. The molecule has 0 saturated heterocycles. The van der Waals surface area contributed by atoms with Gasteiger partial charge >= 0.3 is 0 Å². The zero-order valence-electron chi connectivity index (χ0n) is 9.84. The van der Waals surface area contributed by atoms with Gasteiger partial charge in [-0.3, -0.25) is 4.68 Å². The van der Waals surface area contributed by atoms with Crippen molar-refractivity contribution in [2.75, 3.05) is 0 Å². The molecule has 88 valence electrons. The predicted octanol–water partition coefficient (Wildman–Crippen LogP) is 2.68. The summed E-state index contributed by atoms with van der Waals surface area (Å²) >= 11 is 0. The van der Waals surface area contributed by atoms with Gasteiger partial charge in [0.2, 0.25) is 0 Å². The van der Waals surface area contributed by atoms with Crippen LogP contribution < -0.4 is 0 Å². The van der Waals surface area contributed by atoms with Crippen LogP contribution in [0.4, 0.5) is 0 Å². The van der Waals surface area contributed by atoms with Gasteiger partial charge in [0.15, 0.2) is 0 Å². The Kier molecular flexibility index (Phi) is 3.78. The molecule has 0 radical (unpaired) electrons. The van der Waals surface area contributed by atoms with Crippen LogP contribution in [0.1, 0.15) is 44.3 Å². The largest absolute Gasteiger partial charge is 0.388 e. The molecule has 1 heterocycles. The van der Waals surface area contributed by atoms with Crippen LogP contribution in [-0.4, -0.2) is 14.9 Å².